The van der Waals surface area contributed by atoms with Crippen molar-refractivity contribution in [2.45, 2.75) is 6.42 Å². The van der Waals surface area contributed by atoms with Gasteiger partial charge in [0.25, 0.3) is 0 Å². The van der Waals surface area contributed by atoms with E-state index in [4.69, 9.17) is 10.2 Å². The zero-order valence-corrected chi connectivity index (χ0v) is 11.8. The van der Waals surface area contributed by atoms with E-state index in [0.29, 0.717) is 16.6 Å². The number of aromatic carboxylic acids is 1. The fraction of sp³-hybridized carbons (Fsp3) is 0.250. The number of hydrogen-bond donors (Lipinski definition) is 3. The summed E-state index contributed by atoms with van der Waals surface area (Å²) in [5.74, 6) is -1.39. The SMILES string of the molecule is NS(=O)(=O)CCCNc1c(C(=O)O)nnc2ccccc12. The highest BCUT2D eigenvalue weighted by atomic mass is 32.2. The molecular formula is C12H14N4O4S. The van der Waals surface area contributed by atoms with Gasteiger partial charge in [-0.15, -0.1) is 10.2 Å². The maximum Gasteiger partial charge on any atom is 0.358 e. The van der Waals surface area contributed by atoms with Gasteiger partial charge in [0.1, 0.15) is 0 Å². The summed E-state index contributed by atoms with van der Waals surface area (Å²) in [4.78, 5) is 11.2. The molecule has 4 N–H and O–H groups in total. The van der Waals surface area contributed by atoms with Crippen LogP contribution in [0.3, 0.4) is 0 Å². The van der Waals surface area contributed by atoms with Gasteiger partial charge in [0.2, 0.25) is 10.0 Å². The fourth-order valence-electron chi connectivity index (χ4n) is 1.87. The molecule has 1 aromatic heterocycles. The zero-order chi connectivity index (χ0) is 15.5. The van der Waals surface area contributed by atoms with E-state index in [1.54, 1.807) is 24.3 Å². The molecule has 1 aromatic carbocycles. The first-order valence-electron chi connectivity index (χ1n) is 6.11. The highest BCUT2D eigenvalue weighted by molar-refractivity contribution is 7.89. The molecule has 8 nitrogen and oxygen atoms in total. The number of carboxylic acids is 1. The number of carboxylic acid groups (broad SMARTS) is 1. The van der Waals surface area contributed by atoms with Crippen molar-refractivity contribution in [3.63, 3.8) is 0 Å². The van der Waals surface area contributed by atoms with Crippen molar-refractivity contribution < 1.29 is 18.3 Å². The molecule has 0 radical (unpaired) electrons. The van der Waals surface area contributed by atoms with Gasteiger partial charge in [-0.2, -0.15) is 0 Å². The fourth-order valence-corrected chi connectivity index (χ4v) is 2.42. The second kappa shape index (κ2) is 6.02. The van der Waals surface area contributed by atoms with Crippen LogP contribution in [-0.2, 0) is 10.0 Å². The Kier molecular flexibility index (Phi) is 4.34. The summed E-state index contributed by atoms with van der Waals surface area (Å²) in [5, 5.41) is 25.1. The molecule has 0 saturated carbocycles. The van der Waals surface area contributed by atoms with E-state index in [1.807, 2.05) is 0 Å². The van der Waals surface area contributed by atoms with Crippen LogP contribution in [0.15, 0.2) is 24.3 Å². The summed E-state index contributed by atoms with van der Waals surface area (Å²) in [6.07, 6.45) is 0.258. The second-order valence-electron chi connectivity index (χ2n) is 4.39. The lowest BCUT2D eigenvalue weighted by molar-refractivity contribution is 0.0690. The van der Waals surface area contributed by atoms with Crippen LogP contribution in [0.1, 0.15) is 16.9 Å². The van der Waals surface area contributed by atoms with E-state index >= 15 is 0 Å². The van der Waals surface area contributed by atoms with E-state index < -0.39 is 16.0 Å². The van der Waals surface area contributed by atoms with Crippen LogP contribution in [0.25, 0.3) is 10.9 Å². The van der Waals surface area contributed by atoms with Gasteiger partial charge in [-0.25, -0.2) is 18.4 Å². The molecule has 112 valence electrons. The van der Waals surface area contributed by atoms with Crippen molar-refractivity contribution in [2.75, 3.05) is 17.6 Å². The number of hydrogen-bond acceptors (Lipinski definition) is 6. The van der Waals surface area contributed by atoms with Crippen LogP contribution in [0, 0.1) is 0 Å². The highest BCUT2D eigenvalue weighted by Crippen LogP contribution is 2.24. The number of aromatic nitrogens is 2. The molecule has 2 aromatic rings. The Morgan fingerprint density at radius 3 is 2.67 bits per heavy atom. The molecule has 2 rings (SSSR count). The van der Waals surface area contributed by atoms with Gasteiger partial charge in [-0.05, 0) is 12.5 Å². The Hall–Kier alpha value is -2.26. The zero-order valence-electron chi connectivity index (χ0n) is 11.0. The standard InChI is InChI=1S/C12H14N4O4S/c13-21(19,20)7-3-6-14-10-8-4-1-2-5-9(8)15-16-11(10)12(17)18/h1-2,4-5H,3,6-7H2,(H,14,15)(H,17,18)(H2,13,19,20). The first-order valence-corrected chi connectivity index (χ1v) is 7.83. The van der Waals surface area contributed by atoms with Crippen LogP contribution >= 0.6 is 0 Å². The van der Waals surface area contributed by atoms with Crippen molar-refractivity contribution in [1.29, 1.82) is 0 Å². The molecular weight excluding hydrogens is 296 g/mol. The molecule has 0 atom stereocenters. The smallest absolute Gasteiger partial charge is 0.358 e. The third kappa shape index (κ3) is 3.86. The summed E-state index contributed by atoms with van der Waals surface area (Å²) < 4.78 is 21.7. The quantitative estimate of drug-likeness (QED) is 0.658. The van der Waals surface area contributed by atoms with E-state index in [-0.39, 0.29) is 24.4 Å². The number of anilines is 1. The minimum absolute atomic E-state index is 0.182. The van der Waals surface area contributed by atoms with E-state index in [0.717, 1.165) is 0 Å². The van der Waals surface area contributed by atoms with Crippen molar-refractivity contribution in [3.8, 4) is 0 Å². The third-order valence-electron chi connectivity index (χ3n) is 2.78. The number of rotatable bonds is 6. The molecule has 0 fully saturated rings. The molecule has 1 heterocycles. The highest BCUT2D eigenvalue weighted by Gasteiger charge is 2.16. The Labute approximate surface area is 121 Å². The molecule has 0 saturated heterocycles. The van der Waals surface area contributed by atoms with Gasteiger partial charge >= 0.3 is 5.97 Å². The minimum atomic E-state index is -3.53. The molecule has 0 amide bonds. The van der Waals surface area contributed by atoms with Crippen LogP contribution in [0.5, 0.6) is 0 Å². The van der Waals surface area contributed by atoms with Crippen molar-refractivity contribution in [1.82, 2.24) is 10.2 Å². The predicted octanol–water partition coefficient (Wildman–Crippen LogP) is 0.419. The lowest BCUT2D eigenvalue weighted by Gasteiger charge is -2.11. The van der Waals surface area contributed by atoms with Gasteiger partial charge in [0, 0.05) is 11.9 Å². The molecule has 0 aliphatic heterocycles. The average Bonchev–Trinajstić information content (AvgIpc) is 2.42. The molecule has 0 unspecified atom stereocenters. The van der Waals surface area contributed by atoms with Crippen LogP contribution < -0.4 is 10.5 Å². The summed E-state index contributed by atoms with van der Waals surface area (Å²) in [6.45, 7) is 0.256. The summed E-state index contributed by atoms with van der Waals surface area (Å²) in [7, 11) is -3.53. The molecule has 0 bridgehead atoms. The predicted molar refractivity (Wildman–Crippen MR) is 77.6 cm³/mol. The van der Waals surface area contributed by atoms with Gasteiger partial charge in [0.15, 0.2) is 5.69 Å². The van der Waals surface area contributed by atoms with Crippen molar-refractivity contribution >= 4 is 32.6 Å². The average molecular weight is 310 g/mol. The first-order chi connectivity index (χ1) is 9.88. The van der Waals surface area contributed by atoms with Crippen LogP contribution in [0.2, 0.25) is 0 Å². The number of sulfonamides is 1. The van der Waals surface area contributed by atoms with E-state index in [9.17, 15) is 13.2 Å². The topological polar surface area (TPSA) is 135 Å². The van der Waals surface area contributed by atoms with E-state index in [2.05, 4.69) is 15.5 Å². The Morgan fingerprint density at radius 2 is 2.00 bits per heavy atom. The molecule has 0 aliphatic carbocycles. The lowest BCUT2D eigenvalue weighted by atomic mass is 10.1. The third-order valence-corrected chi connectivity index (χ3v) is 3.64. The second-order valence-corrected chi connectivity index (χ2v) is 6.13. The van der Waals surface area contributed by atoms with Gasteiger partial charge < -0.3 is 10.4 Å². The molecule has 0 spiro atoms. The van der Waals surface area contributed by atoms with E-state index in [1.165, 1.54) is 0 Å². The Balaban J connectivity index is 2.27. The Morgan fingerprint density at radius 1 is 1.29 bits per heavy atom. The van der Waals surface area contributed by atoms with Crippen LogP contribution in [-0.4, -0.2) is 42.0 Å². The van der Waals surface area contributed by atoms with Crippen LogP contribution in [0.4, 0.5) is 5.69 Å². The van der Waals surface area contributed by atoms with Gasteiger partial charge in [0.05, 0.1) is 17.0 Å². The summed E-state index contributed by atoms with van der Waals surface area (Å²) in [5.41, 5.74) is 0.670. The maximum absolute atomic E-state index is 11.2. The normalized spacial score (nSPS) is 11.5. The minimum Gasteiger partial charge on any atom is -0.476 e. The van der Waals surface area contributed by atoms with Gasteiger partial charge in [-0.3, -0.25) is 0 Å². The number of primary sulfonamides is 1. The number of nitrogens with zero attached hydrogens (tertiary/aromatic N) is 2. The number of nitrogens with two attached hydrogens (primary N) is 1. The summed E-state index contributed by atoms with van der Waals surface area (Å²) >= 11 is 0. The van der Waals surface area contributed by atoms with Crippen molar-refractivity contribution in [3.05, 3.63) is 30.0 Å². The largest absolute Gasteiger partial charge is 0.476 e. The summed E-state index contributed by atoms with van der Waals surface area (Å²) in [6, 6.07) is 6.95. The first kappa shape index (κ1) is 15.1. The molecule has 21 heavy (non-hydrogen) atoms. The van der Waals surface area contributed by atoms with Crippen molar-refractivity contribution in [2.24, 2.45) is 5.14 Å². The number of fused-ring (bicyclic) bond motifs is 1. The molecule has 9 heteroatoms. The monoisotopic (exact) mass is 310 g/mol. The number of carbonyl (C=O) groups is 1. The van der Waals surface area contributed by atoms with Gasteiger partial charge in [-0.1, -0.05) is 18.2 Å². The lowest BCUT2D eigenvalue weighted by Crippen LogP contribution is -2.19. The maximum atomic E-state index is 11.2. The number of nitrogens with one attached hydrogen (secondary N) is 1. The Bertz CT molecular complexity index is 776. The number of benzene rings is 1. The molecule has 0 aliphatic rings.